The number of likely N-dealkylation sites (N-methyl/N-ethyl adjacent to an activating group) is 1. The largest absolute Gasteiger partial charge is 0.350 e. The molecule has 1 saturated carbocycles. The number of nitrogens with one attached hydrogen (secondary N) is 1. The molecule has 1 aliphatic heterocycles. The molecule has 1 saturated heterocycles. The number of aromatic nitrogens is 2. The number of nitrogens with zero attached hydrogens (tertiary/aromatic N) is 2. The fraction of sp³-hybridized carbons (Fsp3) is 0.800. The van der Waals surface area contributed by atoms with Crippen molar-refractivity contribution in [1.29, 1.82) is 0 Å². The Balaban J connectivity index is 1.54. The first-order valence-electron chi connectivity index (χ1n) is 7.79. The summed E-state index contributed by atoms with van der Waals surface area (Å²) in [5.41, 5.74) is 1.16. The fourth-order valence-electron chi connectivity index (χ4n) is 3.19. The zero-order chi connectivity index (χ0) is 13.8. The third-order valence-corrected chi connectivity index (χ3v) is 4.39. The molecule has 1 aliphatic carbocycles. The molecule has 112 valence electrons. The molecule has 1 aromatic rings. The summed E-state index contributed by atoms with van der Waals surface area (Å²) in [6, 6.07) is 3.13. The molecule has 0 amide bonds. The van der Waals surface area contributed by atoms with Crippen LogP contribution in [0.15, 0.2) is 12.3 Å². The van der Waals surface area contributed by atoms with Gasteiger partial charge in [0.2, 0.25) is 0 Å². The SMILES string of the molecule is CNC(Cc1ccn(C2CCCC2)n1)CC1OCCO1. The Bertz CT molecular complexity index is 409. The average molecular weight is 279 g/mol. The minimum absolute atomic E-state index is 0.0515. The van der Waals surface area contributed by atoms with Gasteiger partial charge in [-0.2, -0.15) is 5.10 Å². The van der Waals surface area contributed by atoms with Gasteiger partial charge in [-0.15, -0.1) is 0 Å². The van der Waals surface area contributed by atoms with Crippen LogP contribution in [0.1, 0.15) is 43.8 Å². The summed E-state index contributed by atoms with van der Waals surface area (Å²) in [4.78, 5) is 0. The molecular formula is C15H25N3O2. The van der Waals surface area contributed by atoms with Gasteiger partial charge in [-0.05, 0) is 26.0 Å². The van der Waals surface area contributed by atoms with Crippen molar-refractivity contribution in [2.24, 2.45) is 0 Å². The average Bonchev–Trinajstić information content (AvgIpc) is 3.20. The lowest BCUT2D eigenvalue weighted by atomic mass is 10.1. The number of hydrogen-bond acceptors (Lipinski definition) is 4. The van der Waals surface area contributed by atoms with Gasteiger partial charge in [-0.3, -0.25) is 4.68 Å². The van der Waals surface area contributed by atoms with Crippen LogP contribution in [0.2, 0.25) is 0 Å². The maximum absolute atomic E-state index is 5.52. The van der Waals surface area contributed by atoms with Crippen molar-refractivity contribution in [1.82, 2.24) is 15.1 Å². The summed E-state index contributed by atoms with van der Waals surface area (Å²) in [7, 11) is 1.99. The van der Waals surface area contributed by atoms with E-state index >= 15 is 0 Å². The molecule has 3 rings (SSSR count). The Morgan fingerprint density at radius 3 is 2.80 bits per heavy atom. The number of rotatable bonds is 6. The maximum atomic E-state index is 5.52. The Morgan fingerprint density at radius 2 is 2.10 bits per heavy atom. The van der Waals surface area contributed by atoms with Crippen LogP contribution in [0.4, 0.5) is 0 Å². The van der Waals surface area contributed by atoms with Crippen molar-refractivity contribution in [2.75, 3.05) is 20.3 Å². The Labute approximate surface area is 120 Å². The van der Waals surface area contributed by atoms with E-state index < -0.39 is 0 Å². The van der Waals surface area contributed by atoms with Crippen LogP contribution in [0.3, 0.4) is 0 Å². The van der Waals surface area contributed by atoms with Crippen LogP contribution >= 0.6 is 0 Å². The van der Waals surface area contributed by atoms with Gasteiger partial charge in [0.05, 0.1) is 24.9 Å². The van der Waals surface area contributed by atoms with Gasteiger partial charge in [0.15, 0.2) is 6.29 Å². The van der Waals surface area contributed by atoms with Crippen molar-refractivity contribution in [3.8, 4) is 0 Å². The van der Waals surface area contributed by atoms with E-state index in [-0.39, 0.29) is 6.29 Å². The molecule has 0 spiro atoms. The third kappa shape index (κ3) is 3.40. The van der Waals surface area contributed by atoms with E-state index in [1.54, 1.807) is 0 Å². The van der Waals surface area contributed by atoms with Gasteiger partial charge >= 0.3 is 0 Å². The van der Waals surface area contributed by atoms with Crippen LogP contribution < -0.4 is 5.32 Å². The molecule has 2 fully saturated rings. The van der Waals surface area contributed by atoms with E-state index in [0.29, 0.717) is 12.1 Å². The molecule has 1 N–H and O–H groups in total. The van der Waals surface area contributed by atoms with Crippen LogP contribution in [0, 0.1) is 0 Å². The first-order chi connectivity index (χ1) is 9.85. The summed E-state index contributed by atoms with van der Waals surface area (Å²) < 4.78 is 13.2. The lowest BCUT2D eigenvalue weighted by Crippen LogP contribution is -2.32. The predicted molar refractivity (Wildman–Crippen MR) is 76.6 cm³/mol. The molecule has 2 aliphatic rings. The Kier molecular flexibility index (Phi) is 4.70. The molecule has 1 unspecified atom stereocenters. The molecule has 0 bridgehead atoms. The quantitative estimate of drug-likeness (QED) is 0.864. The minimum Gasteiger partial charge on any atom is -0.350 e. The van der Waals surface area contributed by atoms with E-state index in [1.807, 2.05) is 7.05 Å². The smallest absolute Gasteiger partial charge is 0.159 e. The van der Waals surface area contributed by atoms with Crippen molar-refractivity contribution in [2.45, 2.75) is 56.9 Å². The standard InChI is InChI=1S/C15H25N3O2/c1-16-13(11-15-19-8-9-20-15)10-12-6-7-18(17-12)14-4-2-3-5-14/h6-7,13-16H,2-5,8-11H2,1H3. The molecule has 5 heteroatoms. The Morgan fingerprint density at radius 1 is 1.35 bits per heavy atom. The van der Waals surface area contributed by atoms with Crippen LogP contribution in [0.25, 0.3) is 0 Å². The molecule has 1 aromatic heterocycles. The molecule has 0 aromatic carbocycles. The molecule has 20 heavy (non-hydrogen) atoms. The molecule has 2 heterocycles. The fourth-order valence-corrected chi connectivity index (χ4v) is 3.19. The number of ether oxygens (including phenoxy) is 2. The topological polar surface area (TPSA) is 48.3 Å². The molecular weight excluding hydrogens is 254 g/mol. The van der Waals surface area contributed by atoms with Crippen molar-refractivity contribution in [3.63, 3.8) is 0 Å². The summed E-state index contributed by atoms with van der Waals surface area (Å²) >= 11 is 0. The second kappa shape index (κ2) is 6.70. The summed E-state index contributed by atoms with van der Waals surface area (Å²) in [5.74, 6) is 0. The summed E-state index contributed by atoms with van der Waals surface area (Å²) in [6.07, 6.45) is 9.14. The summed E-state index contributed by atoms with van der Waals surface area (Å²) in [6.45, 7) is 1.44. The van der Waals surface area contributed by atoms with Crippen LogP contribution in [0.5, 0.6) is 0 Å². The van der Waals surface area contributed by atoms with Crippen LogP contribution in [-0.2, 0) is 15.9 Å². The van der Waals surface area contributed by atoms with Gasteiger partial charge in [0.25, 0.3) is 0 Å². The van der Waals surface area contributed by atoms with Crippen molar-refractivity contribution >= 4 is 0 Å². The highest BCUT2D eigenvalue weighted by Crippen LogP contribution is 2.28. The lowest BCUT2D eigenvalue weighted by molar-refractivity contribution is -0.0523. The van der Waals surface area contributed by atoms with Gasteiger partial charge in [0, 0.05) is 25.1 Å². The first-order valence-corrected chi connectivity index (χ1v) is 7.79. The maximum Gasteiger partial charge on any atom is 0.159 e. The molecule has 1 atom stereocenters. The van der Waals surface area contributed by atoms with Gasteiger partial charge in [0.1, 0.15) is 0 Å². The molecule has 0 radical (unpaired) electrons. The molecule has 5 nitrogen and oxygen atoms in total. The van der Waals surface area contributed by atoms with Gasteiger partial charge in [-0.1, -0.05) is 12.8 Å². The van der Waals surface area contributed by atoms with Gasteiger partial charge < -0.3 is 14.8 Å². The highest BCUT2D eigenvalue weighted by atomic mass is 16.7. The first kappa shape index (κ1) is 14.0. The van der Waals surface area contributed by atoms with Crippen LogP contribution in [-0.4, -0.2) is 42.4 Å². The normalized spacial score (nSPS) is 22.6. The third-order valence-electron chi connectivity index (χ3n) is 4.39. The van der Waals surface area contributed by atoms with E-state index in [1.165, 1.54) is 25.7 Å². The van der Waals surface area contributed by atoms with Crippen molar-refractivity contribution < 1.29 is 9.47 Å². The van der Waals surface area contributed by atoms with E-state index in [2.05, 4.69) is 22.3 Å². The lowest BCUT2D eigenvalue weighted by Gasteiger charge is -2.18. The monoisotopic (exact) mass is 279 g/mol. The van der Waals surface area contributed by atoms with Crippen molar-refractivity contribution in [3.05, 3.63) is 18.0 Å². The van der Waals surface area contributed by atoms with E-state index in [0.717, 1.165) is 31.7 Å². The predicted octanol–water partition coefficient (Wildman–Crippen LogP) is 1.89. The number of hydrogen-bond donors (Lipinski definition) is 1. The second-order valence-corrected chi connectivity index (χ2v) is 5.82. The second-order valence-electron chi connectivity index (χ2n) is 5.82. The van der Waals surface area contributed by atoms with E-state index in [9.17, 15) is 0 Å². The zero-order valence-corrected chi connectivity index (χ0v) is 12.3. The highest BCUT2D eigenvalue weighted by Gasteiger charge is 2.22. The van der Waals surface area contributed by atoms with Gasteiger partial charge in [-0.25, -0.2) is 0 Å². The minimum atomic E-state index is -0.0515. The summed E-state index contributed by atoms with van der Waals surface area (Å²) in [5, 5.41) is 8.10. The zero-order valence-electron chi connectivity index (χ0n) is 12.3. The van der Waals surface area contributed by atoms with E-state index in [4.69, 9.17) is 14.6 Å². The Hall–Kier alpha value is -0.910. The highest BCUT2D eigenvalue weighted by molar-refractivity contribution is 5.03.